The summed E-state index contributed by atoms with van der Waals surface area (Å²) in [4.78, 5) is 16.9. The molecular formula is C12H23Cl2N3O2. The zero-order chi connectivity index (χ0) is 11.7. The van der Waals surface area contributed by atoms with Gasteiger partial charge in [-0.1, -0.05) is 0 Å². The lowest BCUT2D eigenvalue weighted by Crippen LogP contribution is -2.58. The quantitative estimate of drug-likeness (QED) is 0.747. The molecule has 2 atom stereocenters. The molecule has 5 nitrogen and oxygen atoms in total. The molecule has 0 bridgehead atoms. The Hall–Kier alpha value is -0.0700. The minimum atomic E-state index is -0.114. The molecule has 3 aliphatic heterocycles. The van der Waals surface area contributed by atoms with Crippen molar-refractivity contribution in [1.82, 2.24) is 15.1 Å². The summed E-state index contributed by atoms with van der Waals surface area (Å²) < 4.78 is 5.36. The van der Waals surface area contributed by atoms with Crippen molar-refractivity contribution in [2.24, 2.45) is 0 Å². The second kappa shape index (κ2) is 7.64. The van der Waals surface area contributed by atoms with Gasteiger partial charge in [0.1, 0.15) is 6.04 Å². The number of hydrogen-bond acceptors (Lipinski definition) is 4. The molecule has 3 saturated heterocycles. The molecule has 3 heterocycles. The van der Waals surface area contributed by atoms with Crippen molar-refractivity contribution in [3.8, 4) is 0 Å². The highest BCUT2D eigenvalue weighted by atomic mass is 35.5. The number of halogens is 2. The van der Waals surface area contributed by atoms with Crippen LogP contribution in [0.15, 0.2) is 0 Å². The Kier molecular flexibility index (Phi) is 6.83. The topological polar surface area (TPSA) is 44.8 Å². The maximum atomic E-state index is 12.3. The van der Waals surface area contributed by atoms with Gasteiger partial charge in [0, 0.05) is 32.2 Å². The second-order valence-electron chi connectivity index (χ2n) is 5.20. The van der Waals surface area contributed by atoms with Crippen LogP contribution in [-0.4, -0.2) is 73.7 Å². The van der Waals surface area contributed by atoms with E-state index >= 15 is 0 Å². The number of hydrogen-bond donors (Lipinski definition) is 1. The number of ether oxygens (including phenoxy) is 1. The van der Waals surface area contributed by atoms with E-state index in [1.807, 2.05) is 4.90 Å². The molecule has 112 valence electrons. The van der Waals surface area contributed by atoms with E-state index in [2.05, 4.69) is 10.2 Å². The van der Waals surface area contributed by atoms with Crippen molar-refractivity contribution in [2.75, 3.05) is 45.9 Å². The van der Waals surface area contributed by atoms with Gasteiger partial charge in [-0.3, -0.25) is 9.69 Å². The van der Waals surface area contributed by atoms with E-state index < -0.39 is 0 Å². The van der Waals surface area contributed by atoms with Crippen LogP contribution in [-0.2, 0) is 9.53 Å². The van der Waals surface area contributed by atoms with Crippen molar-refractivity contribution in [2.45, 2.75) is 24.9 Å². The van der Waals surface area contributed by atoms with Gasteiger partial charge in [-0.2, -0.15) is 0 Å². The molecular weight excluding hydrogens is 289 g/mol. The molecule has 1 amide bonds. The van der Waals surface area contributed by atoms with Crippen LogP contribution in [0.3, 0.4) is 0 Å². The van der Waals surface area contributed by atoms with Gasteiger partial charge in [0.05, 0.1) is 13.2 Å². The largest absolute Gasteiger partial charge is 0.378 e. The predicted octanol–water partition coefficient (Wildman–Crippen LogP) is 0.125. The average molecular weight is 312 g/mol. The summed E-state index contributed by atoms with van der Waals surface area (Å²) in [7, 11) is 0. The first-order valence-electron chi connectivity index (χ1n) is 6.68. The Balaban J connectivity index is 0.000000902. The van der Waals surface area contributed by atoms with Gasteiger partial charge in [0.15, 0.2) is 0 Å². The third kappa shape index (κ3) is 3.73. The summed E-state index contributed by atoms with van der Waals surface area (Å²) in [6, 6.07) is 0.494. The van der Waals surface area contributed by atoms with Crippen molar-refractivity contribution < 1.29 is 9.53 Å². The smallest absolute Gasteiger partial charge is 0.242 e. The SMILES string of the molecule is Cl.Cl.O=C(C1COCCN1)N1CCN2CCCC2C1. The number of amides is 1. The average Bonchev–Trinajstić information content (AvgIpc) is 2.86. The highest BCUT2D eigenvalue weighted by Crippen LogP contribution is 2.21. The molecule has 7 heteroatoms. The van der Waals surface area contributed by atoms with E-state index in [9.17, 15) is 4.79 Å². The highest BCUT2D eigenvalue weighted by molar-refractivity contribution is 5.85. The van der Waals surface area contributed by atoms with Crippen LogP contribution < -0.4 is 5.32 Å². The molecule has 0 aromatic heterocycles. The Morgan fingerprint density at radius 2 is 2.05 bits per heavy atom. The van der Waals surface area contributed by atoms with Gasteiger partial charge in [-0.15, -0.1) is 24.8 Å². The summed E-state index contributed by atoms with van der Waals surface area (Å²) in [6.07, 6.45) is 2.54. The third-order valence-electron chi connectivity index (χ3n) is 4.12. The van der Waals surface area contributed by atoms with Gasteiger partial charge >= 0.3 is 0 Å². The Morgan fingerprint density at radius 1 is 1.21 bits per heavy atom. The van der Waals surface area contributed by atoms with E-state index in [0.717, 1.165) is 32.8 Å². The summed E-state index contributed by atoms with van der Waals surface area (Å²) in [5.41, 5.74) is 0. The Bertz CT molecular complexity index is 301. The molecule has 0 aromatic carbocycles. The Labute approximate surface area is 126 Å². The van der Waals surface area contributed by atoms with E-state index in [1.54, 1.807) is 0 Å². The predicted molar refractivity (Wildman–Crippen MR) is 78.3 cm³/mol. The van der Waals surface area contributed by atoms with Gasteiger partial charge in [-0.25, -0.2) is 0 Å². The fraction of sp³-hybridized carbons (Fsp3) is 0.917. The number of nitrogens with one attached hydrogen (secondary N) is 1. The fourth-order valence-electron chi connectivity index (χ4n) is 3.14. The standard InChI is InChI=1S/C12H21N3O2.2ClH/c16-12(11-9-17-7-3-13-11)15-6-5-14-4-1-2-10(14)8-15;;/h10-11,13H,1-9H2;2*1H. The molecule has 0 saturated carbocycles. The first-order valence-corrected chi connectivity index (χ1v) is 6.68. The van der Waals surface area contributed by atoms with Crippen molar-refractivity contribution in [3.05, 3.63) is 0 Å². The molecule has 19 heavy (non-hydrogen) atoms. The second-order valence-corrected chi connectivity index (χ2v) is 5.20. The van der Waals surface area contributed by atoms with Crippen LogP contribution >= 0.6 is 24.8 Å². The minimum absolute atomic E-state index is 0. The van der Waals surface area contributed by atoms with Crippen LogP contribution in [0.25, 0.3) is 0 Å². The molecule has 0 aromatic rings. The minimum Gasteiger partial charge on any atom is -0.378 e. The lowest BCUT2D eigenvalue weighted by Gasteiger charge is -2.39. The van der Waals surface area contributed by atoms with Crippen LogP contribution in [0, 0.1) is 0 Å². The fourth-order valence-corrected chi connectivity index (χ4v) is 3.14. The van der Waals surface area contributed by atoms with E-state index in [1.165, 1.54) is 19.4 Å². The molecule has 0 aliphatic carbocycles. The van der Waals surface area contributed by atoms with E-state index in [-0.39, 0.29) is 36.8 Å². The van der Waals surface area contributed by atoms with Crippen LogP contribution in [0.2, 0.25) is 0 Å². The molecule has 0 spiro atoms. The van der Waals surface area contributed by atoms with Gasteiger partial charge in [0.2, 0.25) is 5.91 Å². The van der Waals surface area contributed by atoms with Crippen LogP contribution in [0.1, 0.15) is 12.8 Å². The summed E-state index contributed by atoms with van der Waals surface area (Å²) >= 11 is 0. The normalized spacial score (nSPS) is 31.1. The van der Waals surface area contributed by atoms with Crippen LogP contribution in [0.5, 0.6) is 0 Å². The summed E-state index contributed by atoms with van der Waals surface area (Å²) in [5.74, 6) is 0.233. The summed E-state index contributed by atoms with van der Waals surface area (Å²) in [6.45, 7) is 6.11. The number of rotatable bonds is 1. The van der Waals surface area contributed by atoms with Crippen molar-refractivity contribution >= 4 is 30.7 Å². The maximum absolute atomic E-state index is 12.3. The van der Waals surface area contributed by atoms with Gasteiger partial charge in [-0.05, 0) is 19.4 Å². The molecule has 3 rings (SSSR count). The first-order chi connectivity index (χ1) is 8.34. The number of piperazine rings is 1. The van der Waals surface area contributed by atoms with Gasteiger partial charge < -0.3 is 15.0 Å². The molecule has 2 unspecified atom stereocenters. The van der Waals surface area contributed by atoms with Crippen LogP contribution in [0.4, 0.5) is 0 Å². The monoisotopic (exact) mass is 311 g/mol. The van der Waals surface area contributed by atoms with Crippen molar-refractivity contribution in [3.63, 3.8) is 0 Å². The number of fused-ring (bicyclic) bond motifs is 1. The van der Waals surface area contributed by atoms with E-state index in [4.69, 9.17) is 4.74 Å². The van der Waals surface area contributed by atoms with E-state index in [0.29, 0.717) is 12.6 Å². The maximum Gasteiger partial charge on any atom is 0.242 e. The molecule has 1 N–H and O–H groups in total. The Morgan fingerprint density at radius 3 is 2.79 bits per heavy atom. The lowest BCUT2D eigenvalue weighted by molar-refractivity contribution is -0.139. The van der Waals surface area contributed by atoms with Gasteiger partial charge in [0.25, 0.3) is 0 Å². The zero-order valence-corrected chi connectivity index (χ0v) is 12.7. The third-order valence-corrected chi connectivity index (χ3v) is 4.12. The highest BCUT2D eigenvalue weighted by Gasteiger charge is 2.35. The molecule has 0 radical (unpaired) electrons. The summed E-state index contributed by atoms with van der Waals surface area (Å²) in [5, 5.41) is 3.25. The molecule has 3 fully saturated rings. The lowest BCUT2D eigenvalue weighted by atomic mass is 10.1. The van der Waals surface area contributed by atoms with Crippen molar-refractivity contribution in [1.29, 1.82) is 0 Å². The number of carbonyl (C=O) groups excluding carboxylic acids is 1. The molecule has 3 aliphatic rings. The number of carbonyl (C=O) groups is 1. The number of morpholine rings is 1. The number of nitrogens with zero attached hydrogens (tertiary/aromatic N) is 2. The first kappa shape index (κ1) is 17.0. The zero-order valence-electron chi connectivity index (χ0n) is 11.0.